The summed E-state index contributed by atoms with van der Waals surface area (Å²) in [5, 5.41) is 36.5. The molecule has 0 aliphatic carbocycles. The van der Waals surface area contributed by atoms with E-state index in [2.05, 4.69) is 10.1 Å². The minimum Gasteiger partial charge on any atom is -0.507 e. The topological polar surface area (TPSA) is 130 Å². The van der Waals surface area contributed by atoms with Gasteiger partial charge in [-0.25, -0.2) is 4.99 Å². The Labute approximate surface area is 171 Å². The van der Waals surface area contributed by atoms with E-state index < -0.39 is 10.8 Å². The number of carbonyl (C=O) groups excluding carboxylic acids is 1. The Balaban J connectivity index is 1.81. The Hall–Kier alpha value is -3.70. The van der Waals surface area contributed by atoms with Gasteiger partial charge in [-0.05, 0) is 24.4 Å². The summed E-state index contributed by atoms with van der Waals surface area (Å²) in [6.45, 7) is 0. The number of rotatable bonds is 4. The van der Waals surface area contributed by atoms with Crippen molar-refractivity contribution < 1.29 is 19.9 Å². The zero-order chi connectivity index (χ0) is 20.7. The number of aromatic nitrogens is 1. The molecule has 0 spiro atoms. The number of benzene rings is 2. The Bertz CT molecular complexity index is 1400. The van der Waals surface area contributed by atoms with E-state index >= 15 is 0 Å². The van der Waals surface area contributed by atoms with E-state index in [1.165, 1.54) is 6.07 Å². The van der Waals surface area contributed by atoms with Gasteiger partial charge in [-0.3, -0.25) is 14.9 Å². The molecule has 11 heteroatoms. The third-order valence-corrected chi connectivity index (χ3v) is 5.50. The third-order valence-electron chi connectivity index (χ3n) is 4.14. The van der Waals surface area contributed by atoms with Crippen LogP contribution in [0.4, 0.5) is 5.69 Å². The van der Waals surface area contributed by atoms with Crippen LogP contribution >= 0.6 is 23.6 Å². The SMILES string of the molecule is O=C1N=c2ccccc2=C1c1sc(=S)n(N=Cc2cc([N+](=O)[O-])ccc2O)c1O. The molecule has 2 aromatic carbocycles. The highest BCUT2D eigenvalue weighted by molar-refractivity contribution is 7.73. The number of carbonyl (C=O) groups is 1. The Morgan fingerprint density at radius 1 is 1.24 bits per heavy atom. The predicted molar refractivity (Wildman–Crippen MR) is 107 cm³/mol. The van der Waals surface area contributed by atoms with Gasteiger partial charge in [0, 0.05) is 22.9 Å². The number of phenolic OH excluding ortho intramolecular Hbond substituents is 1. The number of amides is 1. The summed E-state index contributed by atoms with van der Waals surface area (Å²) in [5.41, 5.74) is 0.0629. The van der Waals surface area contributed by atoms with Crippen LogP contribution in [0.2, 0.25) is 0 Å². The minimum absolute atomic E-state index is 0.0678. The summed E-state index contributed by atoms with van der Waals surface area (Å²) >= 11 is 6.21. The second-order valence-corrected chi connectivity index (χ2v) is 7.53. The average molecular weight is 426 g/mol. The molecule has 144 valence electrons. The van der Waals surface area contributed by atoms with Crippen molar-refractivity contribution in [1.29, 1.82) is 0 Å². The predicted octanol–water partition coefficient (Wildman–Crippen LogP) is 1.84. The highest BCUT2D eigenvalue weighted by atomic mass is 32.1. The summed E-state index contributed by atoms with van der Waals surface area (Å²) in [4.78, 5) is 26.8. The largest absolute Gasteiger partial charge is 0.507 e. The fourth-order valence-corrected chi connectivity index (χ4v) is 4.04. The first-order valence-corrected chi connectivity index (χ1v) is 9.28. The average Bonchev–Trinajstić information content (AvgIpc) is 3.16. The standard InChI is InChI=1S/C18H10N4O5S2/c23-13-6-5-10(22(26)27)7-9(13)8-19-21-17(25)15(29-18(21)28)14-11-3-1-2-4-12(11)20-16(14)24/h1-8,23,25H. The molecule has 4 rings (SSSR count). The molecule has 0 bridgehead atoms. The Kier molecular flexibility index (Phi) is 4.53. The molecule has 1 aliphatic rings. The maximum atomic E-state index is 12.3. The number of non-ortho nitro benzene ring substituents is 1. The molecule has 0 radical (unpaired) electrons. The van der Waals surface area contributed by atoms with Crippen LogP contribution in [-0.4, -0.2) is 31.9 Å². The maximum absolute atomic E-state index is 12.3. The van der Waals surface area contributed by atoms with E-state index in [1.54, 1.807) is 24.3 Å². The van der Waals surface area contributed by atoms with Crippen molar-refractivity contribution in [2.75, 3.05) is 0 Å². The fourth-order valence-electron chi connectivity index (χ4n) is 2.78. The molecule has 9 nitrogen and oxygen atoms in total. The van der Waals surface area contributed by atoms with E-state index in [9.17, 15) is 25.1 Å². The quantitative estimate of drug-likeness (QED) is 0.283. The van der Waals surface area contributed by atoms with Crippen molar-refractivity contribution in [3.8, 4) is 11.6 Å². The lowest BCUT2D eigenvalue weighted by Gasteiger charge is -2.01. The number of nitrogens with zero attached hydrogens (tertiary/aromatic N) is 4. The first-order chi connectivity index (χ1) is 13.9. The van der Waals surface area contributed by atoms with Crippen LogP contribution in [0.3, 0.4) is 0 Å². The van der Waals surface area contributed by atoms with Gasteiger partial charge in [0.15, 0.2) is 3.95 Å². The van der Waals surface area contributed by atoms with E-state index in [1.807, 2.05) is 0 Å². The van der Waals surface area contributed by atoms with Crippen molar-refractivity contribution in [2.24, 2.45) is 10.1 Å². The monoisotopic (exact) mass is 426 g/mol. The van der Waals surface area contributed by atoms with E-state index in [0.29, 0.717) is 10.6 Å². The normalized spacial score (nSPS) is 13.0. The molecular weight excluding hydrogens is 416 g/mol. The summed E-state index contributed by atoms with van der Waals surface area (Å²) < 4.78 is 1.15. The number of hydrogen-bond acceptors (Lipinski definition) is 8. The van der Waals surface area contributed by atoms with Crippen molar-refractivity contribution in [3.63, 3.8) is 0 Å². The number of fused-ring (bicyclic) bond motifs is 1. The van der Waals surface area contributed by atoms with E-state index in [4.69, 9.17) is 12.2 Å². The van der Waals surface area contributed by atoms with Gasteiger partial charge in [-0.15, -0.1) is 0 Å². The number of thiazole rings is 1. The van der Waals surface area contributed by atoms with Crippen LogP contribution in [0.15, 0.2) is 52.6 Å². The molecule has 2 heterocycles. The lowest BCUT2D eigenvalue weighted by molar-refractivity contribution is -0.384. The molecule has 0 unspecified atom stereocenters. The Morgan fingerprint density at radius 3 is 2.76 bits per heavy atom. The highest BCUT2D eigenvalue weighted by Crippen LogP contribution is 2.32. The van der Waals surface area contributed by atoms with Crippen LogP contribution in [0.25, 0.3) is 5.57 Å². The van der Waals surface area contributed by atoms with Crippen LogP contribution in [0, 0.1) is 14.1 Å². The molecule has 0 atom stereocenters. The van der Waals surface area contributed by atoms with Crippen LogP contribution < -0.4 is 10.6 Å². The van der Waals surface area contributed by atoms with Gasteiger partial charge < -0.3 is 10.2 Å². The summed E-state index contributed by atoms with van der Waals surface area (Å²) in [6, 6.07) is 10.4. The van der Waals surface area contributed by atoms with Crippen LogP contribution in [-0.2, 0) is 4.79 Å². The molecule has 0 saturated heterocycles. The molecule has 2 N–H and O–H groups in total. The second kappa shape index (κ2) is 7.04. The molecule has 1 amide bonds. The molecule has 1 aromatic heterocycles. The van der Waals surface area contributed by atoms with Gasteiger partial charge in [0.25, 0.3) is 11.6 Å². The molecular formula is C18H10N4O5S2. The third kappa shape index (κ3) is 3.22. The van der Waals surface area contributed by atoms with Gasteiger partial charge in [0.2, 0.25) is 5.88 Å². The van der Waals surface area contributed by atoms with Crippen molar-refractivity contribution >= 4 is 46.9 Å². The fraction of sp³-hybridized carbons (Fsp3) is 0. The van der Waals surface area contributed by atoms with Crippen LogP contribution in [0.5, 0.6) is 11.6 Å². The number of phenols is 1. The lowest BCUT2D eigenvalue weighted by Crippen LogP contribution is -2.22. The minimum atomic E-state index is -0.605. The number of nitro groups is 1. The van der Waals surface area contributed by atoms with Gasteiger partial charge in [0.05, 0.1) is 22.1 Å². The zero-order valence-corrected chi connectivity index (χ0v) is 16.0. The number of para-hydroxylation sites is 1. The molecule has 0 fully saturated rings. The van der Waals surface area contributed by atoms with Crippen LogP contribution in [0.1, 0.15) is 10.4 Å². The van der Waals surface area contributed by atoms with Crippen molar-refractivity contribution in [1.82, 2.24) is 4.68 Å². The zero-order valence-electron chi connectivity index (χ0n) is 14.3. The Morgan fingerprint density at radius 2 is 2.00 bits per heavy atom. The second-order valence-electron chi connectivity index (χ2n) is 5.89. The first-order valence-electron chi connectivity index (χ1n) is 8.06. The smallest absolute Gasteiger partial charge is 0.279 e. The molecule has 3 aromatic rings. The lowest BCUT2D eigenvalue weighted by atomic mass is 10.1. The molecule has 29 heavy (non-hydrogen) atoms. The summed E-state index contributed by atoms with van der Waals surface area (Å²) in [6.07, 6.45) is 1.13. The van der Waals surface area contributed by atoms with Crippen molar-refractivity contribution in [3.05, 3.63) is 77.5 Å². The van der Waals surface area contributed by atoms with Gasteiger partial charge in [-0.1, -0.05) is 29.5 Å². The van der Waals surface area contributed by atoms with Gasteiger partial charge in [-0.2, -0.15) is 9.78 Å². The van der Waals surface area contributed by atoms with E-state index in [-0.39, 0.29) is 37.3 Å². The molecule has 0 saturated carbocycles. The van der Waals surface area contributed by atoms with Crippen molar-refractivity contribution in [2.45, 2.75) is 0 Å². The number of hydrogen-bond donors (Lipinski definition) is 2. The number of aromatic hydroxyl groups is 2. The van der Waals surface area contributed by atoms with Gasteiger partial charge in [0.1, 0.15) is 10.6 Å². The summed E-state index contributed by atoms with van der Waals surface area (Å²) in [7, 11) is 0. The highest BCUT2D eigenvalue weighted by Gasteiger charge is 2.25. The first kappa shape index (κ1) is 18.7. The maximum Gasteiger partial charge on any atom is 0.279 e. The molecule has 1 aliphatic heterocycles. The number of nitro benzene ring substituents is 1. The van der Waals surface area contributed by atoms with Gasteiger partial charge >= 0.3 is 0 Å². The summed E-state index contributed by atoms with van der Waals surface area (Å²) in [5.74, 6) is -1.09. The van der Waals surface area contributed by atoms with E-state index in [0.717, 1.165) is 34.4 Å².